The van der Waals surface area contributed by atoms with Crippen molar-refractivity contribution in [2.24, 2.45) is 17.3 Å². The minimum absolute atomic E-state index is 0.0119. The largest absolute Gasteiger partial charge is 0.392 e. The Labute approximate surface area is 111 Å². The van der Waals surface area contributed by atoms with Gasteiger partial charge in [-0.3, -0.25) is 0 Å². The maximum atomic E-state index is 10.4. The summed E-state index contributed by atoms with van der Waals surface area (Å²) in [7, 11) is 1.80. The Kier molecular flexibility index (Phi) is 3.63. The van der Waals surface area contributed by atoms with E-state index in [0.717, 1.165) is 25.7 Å². The van der Waals surface area contributed by atoms with Crippen molar-refractivity contribution in [2.75, 3.05) is 7.11 Å². The number of rotatable bonds is 2. The van der Waals surface area contributed by atoms with Crippen LogP contribution in [0.5, 0.6) is 0 Å². The highest BCUT2D eigenvalue weighted by Crippen LogP contribution is 2.52. The smallest absolute Gasteiger partial charge is 0.0685 e. The number of fused-ring (bicyclic) bond motifs is 1. The summed E-state index contributed by atoms with van der Waals surface area (Å²) in [6, 6.07) is 0. The van der Waals surface area contributed by atoms with Crippen LogP contribution in [0.4, 0.5) is 0 Å². The van der Waals surface area contributed by atoms with E-state index in [4.69, 9.17) is 4.74 Å². The van der Waals surface area contributed by atoms with Gasteiger partial charge in [0.1, 0.15) is 0 Å². The van der Waals surface area contributed by atoms with Crippen LogP contribution < -0.4 is 0 Å². The number of aliphatic hydroxyl groups excluding tert-OH is 1. The zero-order valence-electron chi connectivity index (χ0n) is 12.5. The van der Waals surface area contributed by atoms with Crippen molar-refractivity contribution >= 4 is 0 Å². The minimum atomic E-state index is -0.161. The number of hydrogen-bond acceptors (Lipinski definition) is 2. The molecule has 0 aliphatic heterocycles. The molecule has 0 unspecified atom stereocenters. The molecule has 18 heavy (non-hydrogen) atoms. The van der Waals surface area contributed by atoms with Gasteiger partial charge in [0.25, 0.3) is 0 Å². The second-order valence-electron chi connectivity index (χ2n) is 6.99. The third-order valence-corrected chi connectivity index (χ3v) is 5.57. The Morgan fingerprint density at radius 1 is 1.33 bits per heavy atom. The van der Waals surface area contributed by atoms with E-state index >= 15 is 0 Å². The summed E-state index contributed by atoms with van der Waals surface area (Å²) < 4.78 is 5.64. The van der Waals surface area contributed by atoms with E-state index in [9.17, 15) is 5.11 Å². The highest BCUT2D eigenvalue weighted by Gasteiger charge is 2.46. The van der Waals surface area contributed by atoms with Crippen LogP contribution >= 0.6 is 0 Å². The lowest BCUT2D eigenvalue weighted by atomic mass is 9.58. The normalized spacial score (nSPS) is 41.2. The third kappa shape index (κ3) is 2.14. The molecule has 2 heteroatoms. The molecule has 0 aromatic carbocycles. The molecule has 0 radical (unpaired) electrons. The van der Waals surface area contributed by atoms with E-state index in [-0.39, 0.29) is 17.1 Å². The number of ether oxygens (including phenoxy) is 1. The average molecular weight is 252 g/mol. The summed E-state index contributed by atoms with van der Waals surface area (Å²) in [6.07, 6.45) is 6.52. The summed E-state index contributed by atoms with van der Waals surface area (Å²) in [4.78, 5) is 0. The fourth-order valence-electron chi connectivity index (χ4n) is 3.76. The molecule has 0 saturated heterocycles. The molecule has 0 heterocycles. The molecule has 1 N–H and O–H groups in total. The number of hydrogen-bond donors (Lipinski definition) is 1. The molecule has 0 aromatic heterocycles. The molecule has 1 fully saturated rings. The Morgan fingerprint density at radius 3 is 2.61 bits per heavy atom. The number of aliphatic hydroxyl groups is 1. The first-order valence-electron chi connectivity index (χ1n) is 7.26. The SMILES string of the molecule is COC(C)(C)[C@@H]1C=C2[C@H](C)CC[C@@H](O)[C@]2(C)CC1. The van der Waals surface area contributed by atoms with E-state index in [1.54, 1.807) is 7.11 Å². The van der Waals surface area contributed by atoms with Gasteiger partial charge in [0.15, 0.2) is 0 Å². The van der Waals surface area contributed by atoms with Crippen LogP contribution in [-0.2, 0) is 4.74 Å². The second-order valence-corrected chi connectivity index (χ2v) is 6.99. The third-order valence-electron chi connectivity index (χ3n) is 5.57. The molecular weight excluding hydrogens is 224 g/mol. The summed E-state index contributed by atoms with van der Waals surface area (Å²) in [5.41, 5.74) is 1.39. The van der Waals surface area contributed by atoms with Gasteiger partial charge in [0.2, 0.25) is 0 Å². The molecule has 0 amide bonds. The van der Waals surface area contributed by atoms with Crippen LogP contribution in [-0.4, -0.2) is 23.9 Å². The first kappa shape index (κ1) is 14.1. The van der Waals surface area contributed by atoms with Crippen LogP contribution in [0.15, 0.2) is 11.6 Å². The topological polar surface area (TPSA) is 29.5 Å². The van der Waals surface area contributed by atoms with Gasteiger partial charge >= 0.3 is 0 Å². The van der Waals surface area contributed by atoms with Crippen LogP contribution in [0.1, 0.15) is 53.4 Å². The van der Waals surface area contributed by atoms with Crippen molar-refractivity contribution in [3.63, 3.8) is 0 Å². The summed E-state index contributed by atoms with van der Waals surface area (Å²) >= 11 is 0. The van der Waals surface area contributed by atoms with Gasteiger partial charge in [-0.05, 0) is 45.4 Å². The highest BCUT2D eigenvalue weighted by atomic mass is 16.5. The van der Waals surface area contributed by atoms with E-state index in [2.05, 4.69) is 33.8 Å². The van der Waals surface area contributed by atoms with Crippen molar-refractivity contribution in [3.8, 4) is 0 Å². The quantitative estimate of drug-likeness (QED) is 0.762. The van der Waals surface area contributed by atoms with Gasteiger partial charge in [-0.15, -0.1) is 0 Å². The average Bonchev–Trinajstić information content (AvgIpc) is 2.34. The molecule has 0 aromatic rings. The lowest BCUT2D eigenvalue weighted by molar-refractivity contribution is -0.0381. The van der Waals surface area contributed by atoms with Gasteiger partial charge in [-0.2, -0.15) is 0 Å². The zero-order chi connectivity index (χ0) is 13.6. The maximum Gasteiger partial charge on any atom is 0.0685 e. The van der Waals surface area contributed by atoms with Crippen LogP contribution in [0.25, 0.3) is 0 Å². The Bertz CT molecular complexity index is 345. The Hall–Kier alpha value is -0.340. The molecule has 0 spiro atoms. The summed E-state index contributed by atoms with van der Waals surface area (Å²) in [6.45, 7) is 8.88. The fourth-order valence-corrected chi connectivity index (χ4v) is 3.76. The van der Waals surface area contributed by atoms with Crippen LogP contribution in [0.2, 0.25) is 0 Å². The van der Waals surface area contributed by atoms with Crippen molar-refractivity contribution in [3.05, 3.63) is 11.6 Å². The van der Waals surface area contributed by atoms with E-state index < -0.39 is 0 Å². The van der Waals surface area contributed by atoms with E-state index in [1.807, 2.05) is 0 Å². The molecule has 2 rings (SSSR count). The minimum Gasteiger partial charge on any atom is -0.392 e. The van der Waals surface area contributed by atoms with Gasteiger partial charge < -0.3 is 9.84 Å². The monoisotopic (exact) mass is 252 g/mol. The molecule has 2 nitrogen and oxygen atoms in total. The lowest BCUT2D eigenvalue weighted by Crippen LogP contribution is -2.45. The Balaban J connectivity index is 2.33. The van der Waals surface area contributed by atoms with Crippen LogP contribution in [0.3, 0.4) is 0 Å². The molecule has 104 valence electrons. The summed E-state index contributed by atoms with van der Waals surface area (Å²) in [5.74, 6) is 1.08. The summed E-state index contributed by atoms with van der Waals surface area (Å²) in [5, 5.41) is 10.4. The van der Waals surface area contributed by atoms with Crippen molar-refractivity contribution in [1.82, 2.24) is 0 Å². The van der Waals surface area contributed by atoms with Gasteiger partial charge in [-0.1, -0.05) is 25.5 Å². The number of methoxy groups -OCH3 is 1. The fraction of sp³-hybridized carbons (Fsp3) is 0.875. The first-order valence-corrected chi connectivity index (χ1v) is 7.26. The molecular formula is C16H28O2. The maximum absolute atomic E-state index is 10.4. The molecule has 1 saturated carbocycles. The second kappa shape index (κ2) is 4.64. The first-order chi connectivity index (χ1) is 8.31. The zero-order valence-corrected chi connectivity index (χ0v) is 12.5. The highest BCUT2D eigenvalue weighted by molar-refractivity contribution is 5.26. The van der Waals surface area contributed by atoms with E-state index in [0.29, 0.717) is 11.8 Å². The van der Waals surface area contributed by atoms with Crippen LogP contribution in [0, 0.1) is 17.3 Å². The van der Waals surface area contributed by atoms with Crippen molar-refractivity contribution in [2.45, 2.75) is 65.1 Å². The van der Waals surface area contributed by atoms with Gasteiger partial charge in [-0.25, -0.2) is 0 Å². The molecule has 2 aliphatic rings. The molecule has 4 atom stereocenters. The predicted molar refractivity (Wildman–Crippen MR) is 74.4 cm³/mol. The van der Waals surface area contributed by atoms with Gasteiger partial charge in [0, 0.05) is 18.4 Å². The lowest BCUT2D eigenvalue weighted by Gasteiger charge is -2.49. The standard InChI is InChI=1S/C16H28O2/c1-11-6-7-14(17)16(4)9-8-12(10-13(11)16)15(2,3)18-5/h10-12,14,17H,6-9H2,1-5H3/t11-,12+,14-,16-/m1/s1. The van der Waals surface area contributed by atoms with E-state index in [1.165, 1.54) is 5.57 Å². The molecule has 2 aliphatic carbocycles. The predicted octanol–water partition coefficient (Wildman–Crippen LogP) is 3.54. The van der Waals surface area contributed by atoms with Crippen molar-refractivity contribution < 1.29 is 9.84 Å². The Morgan fingerprint density at radius 2 is 2.00 bits per heavy atom. The van der Waals surface area contributed by atoms with Crippen molar-refractivity contribution in [1.29, 1.82) is 0 Å². The van der Waals surface area contributed by atoms with Gasteiger partial charge in [0.05, 0.1) is 11.7 Å². The molecule has 0 bridgehead atoms.